The van der Waals surface area contributed by atoms with Crippen LogP contribution in [0.4, 0.5) is 0 Å². The number of hydrogen-bond donors (Lipinski definition) is 2. The summed E-state index contributed by atoms with van der Waals surface area (Å²) in [5.41, 5.74) is 7.20. The fraction of sp³-hybridized carbons (Fsp3) is 0.143. The predicted molar refractivity (Wildman–Crippen MR) is 104 cm³/mol. The van der Waals surface area contributed by atoms with Crippen LogP contribution in [0.25, 0.3) is 10.9 Å². The molecule has 8 heteroatoms. The molecule has 29 heavy (non-hydrogen) atoms. The van der Waals surface area contributed by atoms with Gasteiger partial charge in [0.25, 0.3) is 11.7 Å². The molecule has 1 heterocycles. The highest BCUT2D eigenvalue weighted by Gasteiger charge is 2.27. The summed E-state index contributed by atoms with van der Waals surface area (Å²) in [5.74, 6) is -3.42. The molecule has 0 fully saturated rings. The Morgan fingerprint density at radius 3 is 2.41 bits per heavy atom. The fourth-order valence-corrected chi connectivity index (χ4v) is 3.30. The molecule has 148 valence electrons. The molecule has 3 rings (SSSR count). The Kier molecular flexibility index (Phi) is 5.45. The van der Waals surface area contributed by atoms with E-state index < -0.39 is 24.3 Å². The summed E-state index contributed by atoms with van der Waals surface area (Å²) in [6.07, 6.45) is 0.499. The van der Waals surface area contributed by atoms with Gasteiger partial charge in [-0.2, -0.15) is 0 Å². The summed E-state index contributed by atoms with van der Waals surface area (Å²) in [6, 6.07) is 12.5. The quantitative estimate of drug-likeness (QED) is 0.341. The standard InChI is InChI=1S/C21H18N2O6/c1-12-17(19(27)21(22)28)18-15(23(12)9-13-5-3-2-4-6-13)8-7-14(10-24)20(18)29-11-16(25)26/h2-8,10H,9,11H2,1H3,(H2,22,28)(H,25,26). The van der Waals surface area contributed by atoms with Gasteiger partial charge >= 0.3 is 5.97 Å². The van der Waals surface area contributed by atoms with Crippen LogP contribution < -0.4 is 10.5 Å². The second kappa shape index (κ2) is 7.97. The number of nitrogens with zero attached hydrogens (tertiary/aromatic N) is 1. The van der Waals surface area contributed by atoms with E-state index in [4.69, 9.17) is 15.6 Å². The summed E-state index contributed by atoms with van der Waals surface area (Å²) in [4.78, 5) is 46.7. The second-order valence-electron chi connectivity index (χ2n) is 6.40. The number of carbonyl (C=O) groups excluding carboxylic acids is 3. The van der Waals surface area contributed by atoms with E-state index in [9.17, 15) is 19.2 Å². The number of ether oxygens (including phenoxy) is 1. The van der Waals surface area contributed by atoms with Crippen molar-refractivity contribution in [2.75, 3.05) is 6.61 Å². The van der Waals surface area contributed by atoms with Crippen molar-refractivity contribution in [2.24, 2.45) is 5.73 Å². The fourth-order valence-electron chi connectivity index (χ4n) is 3.30. The second-order valence-corrected chi connectivity index (χ2v) is 6.40. The van der Waals surface area contributed by atoms with Gasteiger partial charge in [-0.25, -0.2) is 4.79 Å². The molecule has 0 atom stereocenters. The third kappa shape index (κ3) is 3.73. The van der Waals surface area contributed by atoms with Crippen molar-refractivity contribution >= 4 is 34.8 Å². The van der Waals surface area contributed by atoms with Crippen LogP contribution in [0.1, 0.15) is 32.0 Å². The minimum Gasteiger partial charge on any atom is -0.480 e. The lowest BCUT2D eigenvalue weighted by atomic mass is 10.0. The molecule has 0 saturated heterocycles. The van der Waals surface area contributed by atoms with Gasteiger partial charge in [-0.1, -0.05) is 30.3 Å². The molecule has 0 radical (unpaired) electrons. The number of amides is 1. The number of primary amides is 1. The third-order valence-electron chi connectivity index (χ3n) is 4.57. The Balaban J connectivity index is 2.33. The van der Waals surface area contributed by atoms with Crippen molar-refractivity contribution in [3.8, 4) is 5.75 Å². The number of hydrogen-bond acceptors (Lipinski definition) is 5. The van der Waals surface area contributed by atoms with Crippen LogP contribution in [-0.4, -0.2) is 40.2 Å². The zero-order chi connectivity index (χ0) is 21.1. The number of Topliss-reactive ketones (excluding diaryl/α,β-unsaturated/α-hetero) is 1. The van der Waals surface area contributed by atoms with Gasteiger partial charge in [-0.15, -0.1) is 0 Å². The highest BCUT2D eigenvalue weighted by molar-refractivity contribution is 6.45. The Bertz CT molecular complexity index is 1130. The molecule has 0 saturated carbocycles. The molecule has 0 aliphatic carbocycles. The van der Waals surface area contributed by atoms with Gasteiger partial charge in [-0.3, -0.25) is 14.4 Å². The number of aromatic nitrogens is 1. The lowest BCUT2D eigenvalue weighted by molar-refractivity contribution is -0.139. The number of ketones is 1. The number of aldehydes is 1. The smallest absolute Gasteiger partial charge is 0.341 e. The van der Waals surface area contributed by atoms with Crippen molar-refractivity contribution < 1.29 is 29.0 Å². The number of carbonyl (C=O) groups is 4. The first-order valence-electron chi connectivity index (χ1n) is 8.68. The van der Waals surface area contributed by atoms with Crippen LogP contribution >= 0.6 is 0 Å². The molecular formula is C21H18N2O6. The van der Waals surface area contributed by atoms with Crippen molar-refractivity contribution in [3.63, 3.8) is 0 Å². The first kappa shape index (κ1) is 19.8. The lowest BCUT2D eigenvalue weighted by Gasteiger charge is -2.11. The normalized spacial score (nSPS) is 10.7. The SMILES string of the molecule is Cc1c(C(=O)C(N)=O)c2c(OCC(=O)O)c(C=O)ccc2n1Cc1ccccc1. The maximum Gasteiger partial charge on any atom is 0.341 e. The zero-order valence-corrected chi connectivity index (χ0v) is 15.5. The van der Waals surface area contributed by atoms with E-state index in [2.05, 4.69) is 0 Å². The monoisotopic (exact) mass is 394 g/mol. The maximum atomic E-state index is 12.6. The Hall–Kier alpha value is -3.94. The number of carboxylic acid groups (broad SMARTS) is 1. The predicted octanol–water partition coefficient (Wildman–Crippen LogP) is 1.94. The molecule has 1 amide bonds. The Morgan fingerprint density at radius 1 is 1.14 bits per heavy atom. The van der Waals surface area contributed by atoms with Gasteiger partial charge < -0.3 is 20.1 Å². The van der Waals surface area contributed by atoms with E-state index in [1.807, 2.05) is 30.3 Å². The van der Waals surface area contributed by atoms with E-state index in [0.29, 0.717) is 24.0 Å². The van der Waals surface area contributed by atoms with Crippen molar-refractivity contribution in [1.29, 1.82) is 0 Å². The molecular weight excluding hydrogens is 376 g/mol. The van der Waals surface area contributed by atoms with Crippen LogP contribution in [0.5, 0.6) is 5.75 Å². The van der Waals surface area contributed by atoms with Gasteiger partial charge in [0.15, 0.2) is 12.9 Å². The summed E-state index contributed by atoms with van der Waals surface area (Å²) >= 11 is 0. The lowest BCUT2D eigenvalue weighted by Crippen LogP contribution is -2.24. The highest BCUT2D eigenvalue weighted by Crippen LogP contribution is 2.36. The number of rotatable bonds is 8. The molecule has 8 nitrogen and oxygen atoms in total. The first-order chi connectivity index (χ1) is 13.8. The topological polar surface area (TPSA) is 129 Å². The molecule has 0 aliphatic heterocycles. The number of benzene rings is 2. The number of fused-ring (bicyclic) bond motifs is 1. The molecule has 3 aromatic rings. The van der Waals surface area contributed by atoms with E-state index in [-0.39, 0.29) is 22.3 Å². The minimum absolute atomic E-state index is 0.00693. The number of carboxylic acids is 1. The molecule has 3 N–H and O–H groups in total. The molecule has 0 unspecified atom stereocenters. The summed E-state index contributed by atoms with van der Waals surface area (Å²) < 4.78 is 7.14. The largest absolute Gasteiger partial charge is 0.480 e. The maximum absolute atomic E-state index is 12.6. The van der Waals surface area contributed by atoms with Crippen LogP contribution in [0.3, 0.4) is 0 Å². The van der Waals surface area contributed by atoms with E-state index >= 15 is 0 Å². The third-order valence-corrected chi connectivity index (χ3v) is 4.57. The summed E-state index contributed by atoms with van der Waals surface area (Å²) in [7, 11) is 0. The van der Waals surface area contributed by atoms with E-state index in [1.165, 1.54) is 6.07 Å². The average molecular weight is 394 g/mol. The van der Waals surface area contributed by atoms with Crippen LogP contribution in [-0.2, 0) is 16.1 Å². The van der Waals surface area contributed by atoms with E-state index in [1.54, 1.807) is 17.6 Å². The van der Waals surface area contributed by atoms with Gasteiger partial charge in [0, 0.05) is 12.2 Å². The number of nitrogens with two attached hydrogens (primary N) is 1. The van der Waals surface area contributed by atoms with Crippen LogP contribution in [0, 0.1) is 6.92 Å². The molecule has 0 spiro atoms. The molecule has 0 aliphatic rings. The average Bonchev–Trinajstić information content (AvgIpc) is 2.97. The first-order valence-corrected chi connectivity index (χ1v) is 8.68. The Labute approximate surface area is 165 Å². The molecule has 2 aromatic carbocycles. The summed E-state index contributed by atoms with van der Waals surface area (Å²) in [5, 5.41) is 9.16. The van der Waals surface area contributed by atoms with Crippen molar-refractivity contribution in [1.82, 2.24) is 4.57 Å². The van der Waals surface area contributed by atoms with Crippen molar-refractivity contribution in [3.05, 3.63) is 64.8 Å². The summed E-state index contributed by atoms with van der Waals surface area (Å²) in [6.45, 7) is 1.32. The zero-order valence-electron chi connectivity index (χ0n) is 15.5. The van der Waals surface area contributed by atoms with Crippen LogP contribution in [0.15, 0.2) is 42.5 Å². The number of aliphatic carboxylic acids is 1. The van der Waals surface area contributed by atoms with Gasteiger partial charge in [0.05, 0.1) is 22.0 Å². The Morgan fingerprint density at radius 2 is 1.83 bits per heavy atom. The molecule has 1 aromatic heterocycles. The van der Waals surface area contributed by atoms with Gasteiger partial charge in [-0.05, 0) is 24.6 Å². The van der Waals surface area contributed by atoms with Crippen molar-refractivity contribution in [2.45, 2.75) is 13.5 Å². The van der Waals surface area contributed by atoms with Gasteiger partial charge in [0.2, 0.25) is 0 Å². The molecule has 0 bridgehead atoms. The van der Waals surface area contributed by atoms with E-state index in [0.717, 1.165) is 5.56 Å². The van der Waals surface area contributed by atoms with Gasteiger partial charge in [0.1, 0.15) is 5.75 Å². The van der Waals surface area contributed by atoms with Crippen LogP contribution in [0.2, 0.25) is 0 Å². The minimum atomic E-state index is -1.25. The highest BCUT2D eigenvalue weighted by atomic mass is 16.5.